The number of carbonyl (C=O) groups excluding carboxylic acids is 1. The lowest BCUT2D eigenvalue weighted by Crippen LogP contribution is -2.35. The van der Waals surface area contributed by atoms with Gasteiger partial charge in [-0.25, -0.2) is 4.98 Å². The smallest absolute Gasteiger partial charge is 0.253 e. The molecule has 0 unspecified atom stereocenters. The molecule has 0 spiro atoms. The van der Waals surface area contributed by atoms with Gasteiger partial charge in [0.05, 0.1) is 11.0 Å². The van der Waals surface area contributed by atoms with Crippen molar-refractivity contribution in [1.82, 2.24) is 14.5 Å². The van der Waals surface area contributed by atoms with Crippen molar-refractivity contribution in [1.29, 1.82) is 0 Å². The molecule has 0 aliphatic carbocycles. The third-order valence-corrected chi connectivity index (χ3v) is 7.36. The van der Waals surface area contributed by atoms with Crippen LogP contribution in [-0.2, 0) is 26.4 Å². The molecule has 1 aliphatic rings. The Morgan fingerprint density at radius 3 is 2.47 bits per heavy atom. The van der Waals surface area contributed by atoms with Crippen molar-refractivity contribution >= 4 is 22.6 Å². The number of aryl methyl sites for hydroxylation is 4. The molecule has 2 heterocycles. The van der Waals surface area contributed by atoms with Crippen LogP contribution in [0.5, 0.6) is 0 Å². The van der Waals surface area contributed by atoms with Crippen LogP contribution in [0.2, 0.25) is 0 Å². The number of benzene rings is 3. The van der Waals surface area contributed by atoms with Crippen molar-refractivity contribution < 1.29 is 4.79 Å². The predicted octanol–water partition coefficient (Wildman–Crippen LogP) is 4.48. The molecule has 3 aromatic carbocycles. The Morgan fingerprint density at radius 1 is 0.917 bits per heavy atom. The molecule has 186 valence electrons. The second kappa shape index (κ2) is 10.5. The monoisotopic (exact) mass is 481 g/mol. The number of anilines is 1. The summed E-state index contributed by atoms with van der Waals surface area (Å²) in [6.07, 6.45) is 2.72. The maximum Gasteiger partial charge on any atom is 0.253 e. The van der Waals surface area contributed by atoms with E-state index in [1.165, 1.54) is 16.8 Å². The van der Waals surface area contributed by atoms with Gasteiger partial charge >= 0.3 is 0 Å². The summed E-state index contributed by atoms with van der Waals surface area (Å²) in [5.74, 6) is 1.12. The summed E-state index contributed by atoms with van der Waals surface area (Å²) >= 11 is 0. The quantitative estimate of drug-likeness (QED) is 0.441. The summed E-state index contributed by atoms with van der Waals surface area (Å²) in [7, 11) is 2.05. The minimum atomic E-state index is 0.0933. The zero-order valence-electron chi connectivity index (χ0n) is 21.3. The van der Waals surface area contributed by atoms with Gasteiger partial charge in [-0.05, 0) is 60.7 Å². The fraction of sp³-hybridized carbons (Fsp3) is 0.333. The Kier molecular flexibility index (Phi) is 7.05. The number of amides is 1. The number of rotatable bonds is 6. The molecular weight excluding hydrogens is 446 g/mol. The highest BCUT2D eigenvalue weighted by molar-refractivity contribution is 5.97. The number of nitrogens with two attached hydrogens (primary N) is 1. The van der Waals surface area contributed by atoms with E-state index in [-0.39, 0.29) is 5.91 Å². The molecule has 6 heteroatoms. The molecule has 1 amide bonds. The highest BCUT2D eigenvalue weighted by Crippen LogP contribution is 2.23. The van der Waals surface area contributed by atoms with Gasteiger partial charge in [-0.3, -0.25) is 4.79 Å². The zero-order valence-corrected chi connectivity index (χ0v) is 21.3. The lowest BCUT2D eigenvalue weighted by molar-refractivity contribution is 0.0767. The molecule has 1 fully saturated rings. The summed E-state index contributed by atoms with van der Waals surface area (Å²) < 4.78 is 2.14. The molecule has 4 aromatic rings. The Morgan fingerprint density at radius 2 is 1.69 bits per heavy atom. The van der Waals surface area contributed by atoms with Crippen LogP contribution in [0.4, 0.5) is 5.69 Å². The first-order valence-electron chi connectivity index (χ1n) is 12.9. The molecule has 0 saturated carbocycles. The van der Waals surface area contributed by atoms with Crippen LogP contribution in [0.25, 0.3) is 11.0 Å². The second-order valence-electron chi connectivity index (χ2n) is 9.73. The number of para-hydroxylation sites is 1. The first-order chi connectivity index (χ1) is 17.5. The number of carbonyl (C=O) groups is 1. The molecule has 0 radical (unpaired) electrons. The van der Waals surface area contributed by atoms with Crippen LogP contribution in [0.1, 0.15) is 39.3 Å². The SMILES string of the molecule is Cc1ccccc1N1CCCN(C(=O)c2ccc3c(c2)nc(CCc2ccc(CN)cc2)n3C)CC1. The van der Waals surface area contributed by atoms with Crippen LogP contribution in [0.3, 0.4) is 0 Å². The van der Waals surface area contributed by atoms with Crippen LogP contribution in [0.15, 0.2) is 66.7 Å². The van der Waals surface area contributed by atoms with Gasteiger partial charge in [0, 0.05) is 57.4 Å². The first-order valence-corrected chi connectivity index (χ1v) is 12.9. The molecule has 36 heavy (non-hydrogen) atoms. The van der Waals surface area contributed by atoms with Crippen LogP contribution >= 0.6 is 0 Å². The van der Waals surface area contributed by atoms with E-state index in [9.17, 15) is 4.79 Å². The number of imidazole rings is 1. The normalized spacial score (nSPS) is 14.3. The highest BCUT2D eigenvalue weighted by Gasteiger charge is 2.22. The third kappa shape index (κ3) is 5.00. The first kappa shape index (κ1) is 24.1. The fourth-order valence-corrected chi connectivity index (χ4v) is 5.17. The summed E-state index contributed by atoms with van der Waals surface area (Å²) in [5.41, 5.74) is 13.3. The topological polar surface area (TPSA) is 67.4 Å². The average molecular weight is 482 g/mol. The van der Waals surface area contributed by atoms with Crippen LogP contribution in [0, 0.1) is 6.92 Å². The molecular formula is C30H35N5O. The van der Waals surface area contributed by atoms with Crippen molar-refractivity contribution in [3.63, 3.8) is 0 Å². The third-order valence-electron chi connectivity index (χ3n) is 7.36. The number of nitrogens with zero attached hydrogens (tertiary/aromatic N) is 4. The summed E-state index contributed by atoms with van der Waals surface area (Å²) in [6.45, 7) is 6.02. The van der Waals surface area contributed by atoms with E-state index in [4.69, 9.17) is 10.7 Å². The molecule has 1 aromatic heterocycles. The van der Waals surface area contributed by atoms with Gasteiger partial charge in [0.1, 0.15) is 5.82 Å². The molecule has 0 atom stereocenters. The van der Waals surface area contributed by atoms with E-state index in [2.05, 4.69) is 72.0 Å². The molecule has 1 saturated heterocycles. The molecule has 0 bridgehead atoms. The number of hydrogen-bond acceptors (Lipinski definition) is 4. The van der Waals surface area contributed by atoms with Gasteiger partial charge in [0.15, 0.2) is 0 Å². The van der Waals surface area contributed by atoms with Crippen molar-refractivity contribution in [3.8, 4) is 0 Å². The Bertz CT molecular complexity index is 1360. The van der Waals surface area contributed by atoms with E-state index in [1.54, 1.807) is 0 Å². The summed E-state index contributed by atoms with van der Waals surface area (Å²) in [6, 6.07) is 22.9. The van der Waals surface area contributed by atoms with E-state index in [1.807, 2.05) is 23.1 Å². The van der Waals surface area contributed by atoms with Gasteiger partial charge in [-0.1, -0.05) is 42.5 Å². The van der Waals surface area contributed by atoms with Gasteiger partial charge in [-0.2, -0.15) is 0 Å². The van der Waals surface area contributed by atoms with Gasteiger partial charge in [0.25, 0.3) is 5.91 Å². The standard InChI is InChI=1S/C30H35N5O/c1-22-6-3-4-7-27(22)34-16-5-17-35(19-18-34)30(36)25-13-14-28-26(20-25)32-29(33(28)2)15-12-23-8-10-24(21-31)11-9-23/h3-4,6-11,13-14,20H,5,12,15-19,21,31H2,1-2H3. The predicted molar refractivity (Wildman–Crippen MR) is 146 cm³/mol. The minimum absolute atomic E-state index is 0.0933. The zero-order chi connectivity index (χ0) is 25.1. The molecule has 6 nitrogen and oxygen atoms in total. The van der Waals surface area contributed by atoms with Crippen molar-refractivity contribution in [2.45, 2.75) is 32.7 Å². The van der Waals surface area contributed by atoms with Crippen LogP contribution < -0.4 is 10.6 Å². The second-order valence-corrected chi connectivity index (χ2v) is 9.73. The van der Waals surface area contributed by atoms with E-state index < -0.39 is 0 Å². The van der Waals surface area contributed by atoms with E-state index in [0.717, 1.165) is 67.9 Å². The average Bonchev–Trinajstić information content (AvgIpc) is 3.06. The molecule has 5 rings (SSSR count). The van der Waals surface area contributed by atoms with Crippen molar-refractivity contribution in [2.75, 3.05) is 31.1 Å². The van der Waals surface area contributed by atoms with Gasteiger partial charge in [0.2, 0.25) is 0 Å². The molecule has 1 aliphatic heterocycles. The lowest BCUT2D eigenvalue weighted by Gasteiger charge is -2.25. The number of fused-ring (bicyclic) bond motifs is 1. The Labute approximate surface area is 213 Å². The lowest BCUT2D eigenvalue weighted by atomic mass is 10.1. The van der Waals surface area contributed by atoms with E-state index >= 15 is 0 Å². The molecule has 2 N–H and O–H groups in total. The minimum Gasteiger partial charge on any atom is -0.369 e. The Balaban J connectivity index is 1.28. The Hall–Kier alpha value is -3.64. The fourth-order valence-electron chi connectivity index (χ4n) is 5.17. The van der Waals surface area contributed by atoms with Crippen LogP contribution in [-0.4, -0.2) is 46.5 Å². The number of aromatic nitrogens is 2. The van der Waals surface area contributed by atoms with Gasteiger partial charge < -0.3 is 20.1 Å². The summed E-state index contributed by atoms with van der Waals surface area (Å²) in [5, 5.41) is 0. The summed E-state index contributed by atoms with van der Waals surface area (Å²) in [4.78, 5) is 22.7. The van der Waals surface area contributed by atoms with Crippen molar-refractivity contribution in [2.24, 2.45) is 12.8 Å². The van der Waals surface area contributed by atoms with Crippen molar-refractivity contribution in [3.05, 3.63) is 94.8 Å². The van der Waals surface area contributed by atoms with Gasteiger partial charge in [-0.15, -0.1) is 0 Å². The van der Waals surface area contributed by atoms with E-state index in [0.29, 0.717) is 12.1 Å². The largest absolute Gasteiger partial charge is 0.369 e. The number of hydrogen-bond donors (Lipinski definition) is 1. The maximum atomic E-state index is 13.4. The maximum absolute atomic E-state index is 13.4. The highest BCUT2D eigenvalue weighted by atomic mass is 16.2.